The molecule has 114 valence electrons. The van der Waals surface area contributed by atoms with Crippen molar-refractivity contribution in [1.82, 2.24) is 10.2 Å². The second-order valence-corrected chi connectivity index (χ2v) is 4.33. The molecule has 0 aliphatic rings. The summed E-state index contributed by atoms with van der Waals surface area (Å²) in [7, 11) is 1.42. The highest BCUT2D eigenvalue weighted by Crippen LogP contribution is 2.12. The van der Waals surface area contributed by atoms with Crippen molar-refractivity contribution >= 4 is 6.03 Å². The van der Waals surface area contributed by atoms with Gasteiger partial charge in [-0.05, 0) is 17.7 Å². The largest absolute Gasteiger partial charge is 0.405 e. The summed E-state index contributed by atoms with van der Waals surface area (Å²) in [6.45, 7) is -0.873. The van der Waals surface area contributed by atoms with E-state index in [1.54, 1.807) is 24.3 Å². The summed E-state index contributed by atoms with van der Waals surface area (Å²) in [5, 5.41) is 1.81. The van der Waals surface area contributed by atoms with E-state index < -0.39 is 18.8 Å². The number of urea groups is 1. The predicted molar refractivity (Wildman–Crippen MR) is 73.3 cm³/mol. The van der Waals surface area contributed by atoms with Gasteiger partial charge in [-0.1, -0.05) is 24.0 Å². The average Bonchev–Trinajstić information content (AvgIpc) is 2.43. The normalized spacial score (nSPS) is 10.5. The van der Waals surface area contributed by atoms with Crippen molar-refractivity contribution in [3.05, 3.63) is 35.4 Å². The number of nitrogens with two attached hydrogens (primary N) is 1. The van der Waals surface area contributed by atoms with Crippen LogP contribution in [0.4, 0.5) is 18.0 Å². The Balaban J connectivity index is 2.54. The van der Waals surface area contributed by atoms with Crippen molar-refractivity contribution in [2.24, 2.45) is 5.73 Å². The number of halogens is 3. The lowest BCUT2D eigenvalue weighted by molar-refractivity contribution is -0.123. The molecule has 0 bridgehead atoms. The fraction of sp³-hybridized carbons (Fsp3) is 0.357. The third-order valence-corrected chi connectivity index (χ3v) is 2.50. The molecule has 7 heteroatoms. The molecular formula is C14H16F3N3O. The summed E-state index contributed by atoms with van der Waals surface area (Å²) in [6.07, 6.45) is -4.42. The molecule has 1 aromatic rings. The molecule has 1 aromatic carbocycles. The van der Waals surface area contributed by atoms with Crippen molar-refractivity contribution in [2.75, 3.05) is 20.1 Å². The molecule has 0 saturated carbocycles. The molecule has 0 aliphatic carbocycles. The van der Waals surface area contributed by atoms with E-state index in [9.17, 15) is 18.0 Å². The number of hydrogen-bond donors (Lipinski definition) is 2. The fourth-order valence-corrected chi connectivity index (χ4v) is 1.50. The van der Waals surface area contributed by atoms with Crippen LogP contribution in [-0.4, -0.2) is 37.2 Å². The fourth-order valence-electron chi connectivity index (χ4n) is 1.50. The maximum atomic E-state index is 12.0. The van der Waals surface area contributed by atoms with Crippen LogP contribution in [0.5, 0.6) is 0 Å². The van der Waals surface area contributed by atoms with E-state index in [0.29, 0.717) is 0 Å². The van der Waals surface area contributed by atoms with Crippen LogP contribution in [0.15, 0.2) is 24.3 Å². The van der Waals surface area contributed by atoms with E-state index in [1.807, 2.05) is 5.32 Å². The van der Waals surface area contributed by atoms with Crippen molar-refractivity contribution in [3.63, 3.8) is 0 Å². The predicted octanol–water partition coefficient (Wildman–Crippen LogP) is 1.70. The van der Waals surface area contributed by atoms with Gasteiger partial charge in [0.15, 0.2) is 0 Å². The molecule has 4 nitrogen and oxygen atoms in total. The summed E-state index contributed by atoms with van der Waals surface area (Å²) in [6, 6.07) is 6.26. The lowest BCUT2D eigenvalue weighted by Gasteiger charge is -2.18. The van der Waals surface area contributed by atoms with Gasteiger partial charge >= 0.3 is 12.2 Å². The van der Waals surface area contributed by atoms with Gasteiger partial charge in [0.2, 0.25) is 0 Å². The number of carbonyl (C=O) groups is 1. The first-order valence-electron chi connectivity index (χ1n) is 6.15. The molecule has 0 spiro atoms. The quantitative estimate of drug-likeness (QED) is 0.835. The van der Waals surface area contributed by atoms with Crippen LogP contribution in [0.25, 0.3) is 0 Å². The first-order chi connectivity index (χ1) is 9.81. The van der Waals surface area contributed by atoms with Crippen LogP contribution in [0.1, 0.15) is 11.1 Å². The van der Waals surface area contributed by atoms with Crippen LogP contribution >= 0.6 is 0 Å². The van der Waals surface area contributed by atoms with Crippen molar-refractivity contribution in [3.8, 4) is 11.8 Å². The summed E-state index contributed by atoms with van der Waals surface area (Å²) in [5.41, 5.74) is 6.84. The zero-order valence-electron chi connectivity index (χ0n) is 11.5. The lowest BCUT2D eigenvalue weighted by Crippen LogP contribution is -2.41. The zero-order chi connectivity index (χ0) is 15.9. The van der Waals surface area contributed by atoms with Crippen LogP contribution in [-0.2, 0) is 6.54 Å². The summed E-state index contributed by atoms with van der Waals surface area (Å²) in [5.74, 6) is 5.56. The first-order valence-corrected chi connectivity index (χ1v) is 6.15. The number of nitrogens with one attached hydrogen (secondary N) is 1. The molecule has 3 N–H and O–H groups in total. The maximum absolute atomic E-state index is 12.0. The third kappa shape index (κ3) is 6.68. The minimum atomic E-state index is -4.42. The highest BCUT2D eigenvalue weighted by atomic mass is 19.4. The highest BCUT2D eigenvalue weighted by Gasteiger charge is 2.28. The molecule has 0 radical (unpaired) electrons. The van der Waals surface area contributed by atoms with E-state index in [1.165, 1.54) is 11.9 Å². The Morgan fingerprint density at radius 1 is 1.33 bits per heavy atom. The van der Waals surface area contributed by atoms with Crippen molar-refractivity contribution in [1.29, 1.82) is 0 Å². The van der Waals surface area contributed by atoms with Crippen molar-refractivity contribution in [2.45, 2.75) is 12.7 Å². The van der Waals surface area contributed by atoms with Gasteiger partial charge in [-0.3, -0.25) is 0 Å². The Morgan fingerprint density at radius 3 is 2.48 bits per heavy atom. The highest BCUT2D eigenvalue weighted by molar-refractivity contribution is 5.73. The molecule has 0 atom stereocenters. The topological polar surface area (TPSA) is 58.4 Å². The minimum absolute atomic E-state index is 0.203. The van der Waals surface area contributed by atoms with Gasteiger partial charge in [-0.2, -0.15) is 13.2 Å². The van der Waals surface area contributed by atoms with E-state index in [2.05, 4.69) is 11.8 Å². The molecule has 0 unspecified atom stereocenters. The molecule has 2 amide bonds. The zero-order valence-corrected chi connectivity index (χ0v) is 11.5. The number of hydrogen-bond acceptors (Lipinski definition) is 2. The Morgan fingerprint density at radius 2 is 1.95 bits per heavy atom. The lowest BCUT2D eigenvalue weighted by atomic mass is 10.1. The second-order valence-electron chi connectivity index (χ2n) is 4.33. The number of benzene rings is 1. The van der Waals surface area contributed by atoms with Crippen LogP contribution < -0.4 is 11.1 Å². The number of rotatable bonds is 3. The number of alkyl halides is 3. The Hall–Kier alpha value is -2.20. The van der Waals surface area contributed by atoms with Gasteiger partial charge in [0.1, 0.15) is 6.54 Å². The SMILES string of the molecule is CN(Cc1ccc(C#CCN)cc1)C(=O)NCC(F)(F)F. The standard InChI is InChI=1S/C14H16F3N3O/c1-20(13(21)19-10-14(15,16)17)9-12-6-4-11(5-7-12)3-2-8-18/h4-7H,8-10,18H2,1H3,(H,19,21). The molecule has 0 heterocycles. The second kappa shape index (κ2) is 7.55. The maximum Gasteiger partial charge on any atom is 0.405 e. The number of nitrogens with zero attached hydrogens (tertiary/aromatic N) is 1. The molecule has 0 aliphatic heterocycles. The Bertz CT molecular complexity index is 529. The molecule has 0 aromatic heterocycles. The summed E-state index contributed by atoms with van der Waals surface area (Å²) in [4.78, 5) is 12.7. The average molecular weight is 299 g/mol. The van der Waals surface area contributed by atoms with Crippen molar-refractivity contribution < 1.29 is 18.0 Å². The van der Waals surface area contributed by atoms with Crippen LogP contribution in [0.2, 0.25) is 0 Å². The van der Waals surface area contributed by atoms with E-state index in [0.717, 1.165) is 11.1 Å². The monoisotopic (exact) mass is 299 g/mol. The molecule has 0 saturated heterocycles. The Labute approximate surface area is 121 Å². The number of amides is 2. The molecule has 21 heavy (non-hydrogen) atoms. The van der Waals surface area contributed by atoms with Gasteiger partial charge in [0.05, 0.1) is 6.54 Å². The van der Waals surface area contributed by atoms with E-state index in [4.69, 9.17) is 5.73 Å². The number of carbonyl (C=O) groups excluding carboxylic acids is 1. The molecular weight excluding hydrogens is 283 g/mol. The Kier molecular flexibility index (Phi) is 6.06. The van der Waals surface area contributed by atoms with Crippen LogP contribution in [0.3, 0.4) is 0 Å². The van der Waals surface area contributed by atoms with E-state index >= 15 is 0 Å². The van der Waals surface area contributed by atoms with Gasteiger partial charge < -0.3 is 16.0 Å². The molecule has 1 rings (SSSR count). The summed E-state index contributed by atoms with van der Waals surface area (Å²) < 4.78 is 36.0. The van der Waals surface area contributed by atoms with Gasteiger partial charge in [0, 0.05) is 19.2 Å². The van der Waals surface area contributed by atoms with Gasteiger partial charge in [-0.25, -0.2) is 4.79 Å². The smallest absolute Gasteiger partial charge is 0.329 e. The third-order valence-electron chi connectivity index (χ3n) is 2.50. The minimum Gasteiger partial charge on any atom is -0.329 e. The van der Waals surface area contributed by atoms with Crippen LogP contribution in [0, 0.1) is 11.8 Å². The molecule has 0 fully saturated rings. The van der Waals surface area contributed by atoms with Gasteiger partial charge in [-0.15, -0.1) is 0 Å². The van der Waals surface area contributed by atoms with Gasteiger partial charge in [0.25, 0.3) is 0 Å². The van der Waals surface area contributed by atoms with E-state index in [-0.39, 0.29) is 13.1 Å². The first kappa shape index (κ1) is 16.9. The summed E-state index contributed by atoms with van der Waals surface area (Å²) >= 11 is 0.